The minimum atomic E-state index is -3.87. The van der Waals surface area contributed by atoms with Crippen molar-refractivity contribution in [2.75, 3.05) is 31.7 Å². The molecule has 9 atom stereocenters. The highest BCUT2D eigenvalue weighted by atomic mass is 32.5. The summed E-state index contributed by atoms with van der Waals surface area (Å²) in [6.45, 7) is 11.3. The highest BCUT2D eigenvalue weighted by molar-refractivity contribution is 8.07. The van der Waals surface area contributed by atoms with Gasteiger partial charge in [-0.1, -0.05) is 58.9 Å². The third-order valence-electron chi connectivity index (χ3n) is 12.0. The van der Waals surface area contributed by atoms with Gasteiger partial charge in [0.2, 0.25) is 5.78 Å². The van der Waals surface area contributed by atoms with Crippen LogP contribution in [0.3, 0.4) is 0 Å². The van der Waals surface area contributed by atoms with Crippen molar-refractivity contribution in [2.45, 2.75) is 121 Å². The fraction of sp³-hybridized carbons (Fsp3) is 0.548. The van der Waals surface area contributed by atoms with Crippen molar-refractivity contribution >= 4 is 63.6 Å². The molecule has 366 valence electrons. The Hall–Kier alpha value is -4.44. The lowest BCUT2D eigenvalue weighted by molar-refractivity contribution is -0.118. The first kappa shape index (κ1) is 51.4. The molecule has 3 N–H and O–H groups in total. The number of hydrogen-bond acceptors (Lipinski definition) is 18. The molecular formula is C42H56N9O13P2SSi+. The first-order valence-corrected chi connectivity index (χ1v) is 28.3. The summed E-state index contributed by atoms with van der Waals surface area (Å²) in [6, 6.07) is 12.4. The van der Waals surface area contributed by atoms with Crippen molar-refractivity contribution in [1.82, 2.24) is 33.9 Å². The van der Waals surface area contributed by atoms with Gasteiger partial charge >= 0.3 is 15.0 Å². The molecule has 2 aliphatic heterocycles. The van der Waals surface area contributed by atoms with E-state index in [4.69, 9.17) is 48.5 Å². The predicted molar refractivity (Wildman–Crippen MR) is 252 cm³/mol. The minimum absolute atomic E-state index is 0.0316. The number of carbonyl (C=O) groups excluding carboxylic acids is 1. The fourth-order valence-electron chi connectivity index (χ4n) is 7.37. The number of nitriles is 1. The van der Waals surface area contributed by atoms with Crippen molar-refractivity contribution in [3.8, 4) is 11.8 Å². The Balaban J connectivity index is 1.09. The second-order valence-corrected chi connectivity index (χ2v) is 27.1. The topological polar surface area (TPSA) is 267 Å². The molecule has 2 aliphatic rings. The third-order valence-corrected chi connectivity index (χ3v) is 19.2. The molecule has 68 heavy (non-hydrogen) atoms. The molecule has 0 aliphatic carbocycles. The highest BCUT2D eigenvalue weighted by Crippen LogP contribution is 2.55. The van der Waals surface area contributed by atoms with E-state index < -0.39 is 78.8 Å². The molecule has 26 heteroatoms. The minimum Gasteiger partial charge on any atom is -0.484 e. The molecule has 1 amide bonds. The zero-order chi connectivity index (χ0) is 49.2. The molecule has 2 unspecified atom stereocenters. The number of carbonyl (C=O) groups is 1. The Kier molecular flexibility index (Phi) is 15.8. The summed E-state index contributed by atoms with van der Waals surface area (Å²) in [6.07, 6.45) is -1.43. The van der Waals surface area contributed by atoms with Crippen LogP contribution in [0.25, 0.3) is 16.9 Å². The molecule has 2 saturated heterocycles. The molecule has 0 radical (unpaired) electrons. The van der Waals surface area contributed by atoms with Crippen molar-refractivity contribution in [1.29, 1.82) is 5.26 Å². The van der Waals surface area contributed by atoms with Gasteiger partial charge in [0.1, 0.15) is 30.2 Å². The zero-order valence-corrected chi connectivity index (χ0v) is 42.4. The first-order valence-electron chi connectivity index (χ1n) is 21.8. The number of nitrogens with zero attached hydrogens (tertiary/aromatic N) is 8. The largest absolute Gasteiger partial charge is 0.695 e. The van der Waals surface area contributed by atoms with Gasteiger partial charge in [0, 0.05) is 41.8 Å². The van der Waals surface area contributed by atoms with E-state index in [0.717, 1.165) is 5.56 Å². The number of rotatable bonds is 19. The maximum Gasteiger partial charge on any atom is 0.695 e. The summed E-state index contributed by atoms with van der Waals surface area (Å²) in [5.41, 5.74) is 1.60. The van der Waals surface area contributed by atoms with E-state index in [1.54, 1.807) is 6.07 Å². The van der Waals surface area contributed by atoms with E-state index in [1.807, 2.05) is 64.2 Å². The molecule has 0 bridgehead atoms. The van der Waals surface area contributed by atoms with E-state index >= 15 is 0 Å². The van der Waals surface area contributed by atoms with Gasteiger partial charge in [-0.25, -0.2) is 9.97 Å². The van der Waals surface area contributed by atoms with Crippen LogP contribution in [0.1, 0.15) is 72.4 Å². The smallest absolute Gasteiger partial charge is 0.484 e. The van der Waals surface area contributed by atoms with Gasteiger partial charge in [0.05, 0.1) is 38.0 Å². The number of aliphatic hydroxyl groups excluding tert-OH is 1. The van der Waals surface area contributed by atoms with Crippen molar-refractivity contribution in [2.24, 2.45) is 0 Å². The van der Waals surface area contributed by atoms with E-state index in [2.05, 4.69) is 46.4 Å². The van der Waals surface area contributed by atoms with Gasteiger partial charge < -0.3 is 42.6 Å². The van der Waals surface area contributed by atoms with E-state index in [-0.39, 0.29) is 65.6 Å². The van der Waals surface area contributed by atoms with Gasteiger partial charge in [0.15, 0.2) is 44.6 Å². The highest BCUT2D eigenvalue weighted by Gasteiger charge is 2.55. The summed E-state index contributed by atoms with van der Waals surface area (Å²) in [7, 11) is -5.89. The molecule has 4 aromatic heterocycles. The Labute approximate surface area is 399 Å². The molecule has 7 rings (SSSR count). The first-order chi connectivity index (χ1) is 32.1. The molecule has 2 fully saturated rings. The molecule has 0 saturated carbocycles. The fourth-order valence-corrected chi connectivity index (χ4v) is 11.3. The molecule has 5 aromatic rings. The number of hydrogen-bond donors (Lipinski definition) is 3. The standard InChI is InChI=1S/C42H55N9O13P2SSi/c1-41(2,3)26-10-12-27(13-11-26)57-25-32(53)46-28-14-17-44-38-35(28)47-48-51(38)34-22-29(30(23-52)60-34)63-66(67,58-21-9-16-43)59-24-31-36(64-68(7,8)42(4,5)6)37(62-65(55)56)39(61-31)50-19-15-33(54)49-20-18-45-40(49)50/h10-15,17-20,29-31,34,36-37,39,52H,9,21-25H2,1-8H3,(H-,44,46,48,53,55,56)/p+1/t29-,30+,31+,34+,36+,37+,39+,66?/m0/s1. The lowest BCUT2D eigenvalue weighted by Gasteiger charge is -2.40. The second kappa shape index (κ2) is 20.9. The number of amides is 1. The monoisotopic (exact) mass is 1020 g/mol. The van der Waals surface area contributed by atoms with E-state index in [9.17, 15) is 29.4 Å². The maximum absolute atomic E-state index is 13.0. The van der Waals surface area contributed by atoms with Crippen molar-refractivity contribution in [3.63, 3.8) is 0 Å². The van der Waals surface area contributed by atoms with Crippen LogP contribution >= 0.6 is 15.0 Å². The van der Waals surface area contributed by atoms with Crippen LogP contribution in [0.15, 0.2) is 66.0 Å². The average Bonchev–Trinajstić information content (AvgIpc) is 4.09. The number of pyridine rings is 1. The summed E-state index contributed by atoms with van der Waals surface area (Å²) in [5.74, 6) is 0.282. The quantitative estimate of drug-likeness (QED) is 0.0500. The number of anilines is 1. The normalized spacial score (nSPS) is 23.4. The number of aliphatic hydroxyl groups is 1. The van der Waals surface area contributed by atoms with Crippen LogP contribution < -0.4 is 15.6 Å². The zero-order valence-electron chi connectivity index (χ0n) is 38.8. The van der Waals surface area contributed by atoms with Crippen LogP contribution in [0.5, 0.6) is 5.75 Å². The molecule has 22 nitrogen and oxygen atoms in total. The predicted octanol–water partition coefficient (Wildman–Crippen LogP) is 5.81. The Morgan fingerprint density at radius 2 is 1.79 bits per heavy atom. The van der Waals surface area contributed by atoms with Crippen molar-refractivity contribution < 1.29 is 56.1 Å². The number of imidazole rings is 1. The van der Waals surface area contributed by atoms with Gasteiger partial charge in [-0.3, -0.25) is 18.6 Å². The van der Waals surface area contributed by atoms with Crippen LogP contribution in [-0.4, -0.2) is 115 Å². The molecule has 1 aromatic carbocycles. The number of ether oxygens (including phenoxy) is 3. The number of aromatic nitrogens is 7. The summed E-state index contributed by atoms with van der Waals surface area (Å²) in [4.78, 5) is 44.6. The maximum atomic E-state index is 13.0. The lowest BCUT2D eigenvalue weighted by atomic mass is 9.87. The van der Waals surface area contributed by atoms with Crippen LogP contribution in [0.2, 0.25) is 18.1 Å². The van der Waals surface area contributed by atoms with Gasteiger partial charge in [-0.2, -0.15) is 9.94 Å². The molecule has 0 spiro atoms. The summed E-state index contributed by atoms with van der Waals surface area (Å²) >= 11 is 5.97. The van der Waals surface area contributed by atoms with Gasteiger partial charge in [-0.15, -0.1) is 14.5 Å². The number of fused-ring (bicyclic) bond motifs is 2. The molecular weight excluding hydrogens is 961 g/mol. The summed E-state index contributed by atoms with van der Waals surface area (Å²) < 4.78 is 66.5. The number of benzene rings is 1. The van der Waals surface area contributed by atoms with Crippen LogP contribution in [0, 0.1) is 11.3 Å². The Bertz CT molecular complexity index is 2760. The third kappa shape index (κ3) is 11.6. The van der Waals surface area contributed by atoms with Gasteiger partial charge in [-0.05, 0) is 59.1 Å². The average molecular weight is 1020 g/mol. The number of nitrogens with one attached hydrogen (secondary N) is 1. The van der Waals surface area contributed by atoms with Crippen LogP contribution in [-0.2, 0) is 58.6 Å². The lowest BCUT2D eigenvalue weighted by Crippen LogP contribution is -2.50. The molecule has 6 heterocycles. The van der Waals surface area contributed by atoms with Gasteiger partial charge in [0.25, 0.3) is 11.5 Å². The van der Waals surface area contributed by atoms with Crippen molar-refractivity contribution in [3.05, 3.63) is 77.1 Å². The van der Waals surface area contributed by atoms with Crippen LogP contribution in [0.4, 0.5) is 5.69 Å². The second-order valence-electron chi connectivity index (χ2n) is 18.7. The SMILES string of the molecule is CC(C)(C)c1ccc(OCC(=O)Nc2ccnc3c2nnn3[C@H]2C[C@H](OP(=S)(OCCC#N)OC[C@H]3O[C@@H](n4ccc(=O)n5ccnc45)[C@H](O[P+](=O)O)[C@@H]3O[Si](C)(C)C(C)(C)C)[C@@H](CO)O2)cc1. The Morgan fingerprint density at radius 1 is 1.04 bits per heavy atom. The Morgan fingerprint density at radius 3 is 2.47 bits per heavy atom. The summed E-state index contributed by atoms with van der Waals surface area (Å²) in [5, 5.41) is 31.0. The van der Waals surface area contributed by atoms with E-state index in [1.165, 1.54) is 44.5 Å². The van der Waals surface area contributed by atoms with E-state index in [0.29, 0.717) is 11.4 Å².